The highest BCUT2D eigenvalue weighted by Gasteiger charge is 2.23. The van der Waals surface area contributed by atoms with Gasteiger partial charge in [-0.2, -0.15) is 5.10 Å². The molecule has 5 nitrogen and oxygen atoms in total. The maximum atomic E-state index is 12.4. The Morgan fingerprint density at radius 2 is 2.17 bits per heavy atom. The van der Waals surface area contributed by atoms with E-state index in [9.17, 15) is 4.79 Å². The van der Waals surface area contributed by atoms with Crippen LogP contribution in [0.25, 0.3) is 0 Å². The lowest BCUT2D eigenvalue weighted by atomic mass is 10.1. The van der Waals surface area contributed by atoms with Gasteiger partial charge in [-0.05, 0) is 37.8 Å². The Morgan fingerprint density at radius 3 is 2.83 bits per heavy atom. The molecule has 5 heteroatoms. The number of carbonyl (C=O) groups excluding carboxylic acids is 1. The van der Waals surface area contributed by atoms with Crippen molar-refractivity contribution in [1.29, 1.82) is 0 Å². The molecule has 3 rings (SSSR count). The van der Waals surface area contributed by atoms with Gasteiger partial charge in [0.25, 0.3) is 0 Å². The minimum absolute atomic E-state index is 0.0687. The van der Waals surface area contributed by atoms with Gasteiger partial charge in [0.1, 0.15) is 0 Å². The van der Waals surface area contributed by atoms with E-state index in [0.717, 1.165) is 24.8 Å². The minimum atomic E-state index is -0.0815. The lowest BCUT2D eigenvalue weighted by Gasteiger charge is -2.20. The lowest BCUT2D eigenvalue weighted by molar-refractivity contribution is -0.122. The van der Waals surface area contributed by atoms with Gasteiger partial charge in [-0.15, -0.1) is 0 Å². The van der Waals surface area contributed by atoms with Gasteiger partial charge in [0.05, 0.1) is 24.8 Å². The molecule has 1 N–H and O–H groups in total. The molecule has 1 amide bonds. The summed E-state index contributed by atoms with van der Waals surface area (Å²) in [4.78, 5) is 12.4. The van der Waals surface area contributed by atoms with Crippen LogP contribution in [0.5, 0.6) is 0 Å². The van der Waals surface area contributed by atoms with Crippen molar-refractivity contribution in [2.24, 2.45) is 0 Å². The smallest absolute Gasteiger partial charge is 0.220 e. The number of ether oxygens (including phenoxy) is 1. The highest BCUT2D eigenvalue weighted by molar-refractivity contribution is 5.76. The summed E-state index contributed by atoms with van der Waals surface area (Å²) in [5, 5.41) is 7.40. The van der Waals surface area contributed by atoms with Crippen LogP contribution in [-0.2, 0) is 16.1 Å². The summed E-state index contributed by atoms with van der Waals surface area (Å²) in [5.74, 6) is 0.0687. The number of carbonyl (C=O) groups is 1. The molecule has 0 bridgehead atoms. The number of hydrogen-bond donors (Lipinski definition) is 1. The Hall–Kier alpha value is -2.14. The highest BCUT2D eigenvalue weighted by atomic mass is 16.5. The highest BCUT2D eigenvalue weighted by Crippen LogP contribution is 2.23. The van der Waals surface area contributed by atoms with Crippen LogP contribution >= 0.6 is 0 Å². The van der Waals surface area contributed by atoms with E-state index >= 15 is 0 Å². The molecule has 1 aromatic carbocycles. The first-order valence-corrected chi connectivity index (χ1v) is 8.68. The van der Waals surface area contributed by atoms with E-state index < -0.39 is 0 Å². The van der Waals surface area contributed by atoms with Crippen molar-refractivity contribution in [2.45, 2.75) is 57.4 Å². The normalized spacial score (nSPS) is 21.5. The third kappa shape index (κ3) is 4.68. The second kappa shape index (κ2) is 8.11. The molecule has 1 saturated heterocycles. The number of amides is 1. The predicted octanol–water partition coefficient (Wildman–Crippen LogP) is 3.09. The molecule has 1 aliphatic rings. The predicted molar refractivity (Wildman–Crippen MR) is 92.4 cm³/mol. The number of aromatic nitrogens is 2. The number of nitrogens with zero attached hydrogens (tertiary/aromatic N) is 2. The fourth-order valence-electron chi connectivity index (χ4n) is 3.17. The van der Waals surface area contributed by atoms with Crippen molar-refractivity contribution in [1.82, 2.24) is 15.1 Å². The third-order valence-corrected chi connectivity index (χ3v) is 4.48. The molecule has 24 heavy (non-hydrogen) atoms. The van der Waals surface area contributed by atoms with E-state index in [-0.39, 0.29) is 18.1 Å². The Kier molecular flexibility index (Phi) is 5.64. The molecule has 1 aliphatic heterocycles. The first kappa shape index (κ1) is 16.7. The second-order valence-corrected chi connectivity index (χ2v) is 6.44. The average Bonchev–Trinajstić information content (AvgIpc) is 3.25. The number of hydrogen-bond acceptors (Lipinski definition) is 3. The fourth-order valence-corrected chi connectivity index (χ4v) is 3.17. The van der Waals surface area contributed by atoms with Gasteiger partial charge in [-0.25, -0.2) is 0 Å². The van der Waals surface area contributed by atoms with Crippen LogP contribution in [0.2, 0.25) is 0 Å². The summed E-state index contributed by atoms with van der Waals surface area (Å²) in [5.41, 5.74) is 1.09. The average molecular weight is 327 g/mol. The molecule has 0 unspecified atom stereocenters. The first-order chi connectivity index (χ1) is 11.7. The molecule has 0 saturated carbocycles. The topological polar surface area (TPSA) is 56.2 Å². The lowest BCUT2D eigenvalue weighted by Crippen LogP contribution is -2.32. The molecule has 0 spiro atoms. The van der Waals surface area contributed by atoms with Gasteiger partial charge >= 0.3 is 0 Å². The third-order valence-electron chi connectivity index (χ3n) is 4.48. The molecule has 128 valence electrons. The molecule has 1 fully saturated rings. The molecule has 2 heterocycles. The Bertz CT molecular complexity index is 627. The summed E-state index contributed by atoms with van der Waals surface area (Å²) >= 11 is 0. The van der Waals surface area contributed by atoms with Gasteiger partial charge in [0.2, 0.25) is 5.91 Å². The minimum Gasteiger partial charge on any atom is -0.375 e. The second-order valence-electron chi connectivity index (χ2n) is 6.44. The summed E-state index contributed by atoms with van der Waals surface area (Å²) in [7, 11) is 0. The standard InChI is InChI=1S/C19H25N3O2/c1-15-8-9-17(24-15)10-11-19(23)21-18(14-22-13-5-12-20-22)16-6-3-2-4-7-16/h2-7,12-13,15,17-18H,8-11,14H2,1H3,(H,21,23)/t15-,17-,18-/m1/s1. The van der Waals surface area contributed by atoms with Crippen LogP contribution < -0.4 is 5.32 Å². The van der Waals surface area contributed by atoms with Crippen LogP contribution in [-0.4, -0.2) is 27.9 Å². The van der Waals surface area contributed by atoms with Crippen molar-refractivity contribution in [3.8, 4) is 0 Å². The number of rotatable bonds is 7. The summed E-state index contributed by atoms with van der Waals surface area (Å²) in [6.07, 6.45) is 7.67. The van der Waals surface area contributed by atoms with Crippen molar-refractivity contribution in [2.75, 3.05) is 0 Å². The van der Waals surface area contributed by atoms with Crippen LogP contribution in [0.3, 0.4) is 0 Å². The monoisotopic (exact) mass is 327 g/mol. The van der Waals surface area contributed by atoms with Gasteiger partial charge in [-0.3, -0.25) is 9.48 Å². The first-order valence-electron chi connectivity index (χ1n) is 8.68. The van der Waals surface area contributed by atoms with Crippen molar-refractivity contribution in [3.63, 3.8) is 0 Å². The van der Waals surface area contributed by atoms with Gasteiger partial charge in [-0.1, -0.05) is 30.3 Å². The van der Waals surface area contributed by atoms with Gasteiger partial charge in [0, 0.05) is 18.8 Å². The fraction of sp³-hybridized carbons (Fsp3) is 0.474. The van der Waals surface area contributed by atoms with Crippen LogP contribution in [0.15, 0.2) is 48.8 Å². The molecule has 1 aromatic heterocycles. The number of benzene rings is 1. The van der Waals surface area contributed by atoms with Crippen LogP contribution in [0.4, 0.5) is 0 Å². The zero-order valence-corrected chi connectivity index (χ0v) is 14.1. The summed E-state index contributed by atoms with van der Waals surface area (Å²) in [6, 6.07) is 11.8. The van der Waals surface area contributed by atoms with E-state index in [0.29, 0.717) is 19.1 Å². The van der Waals surface area contributed by atoms with Crippen LogP contribution in [0, 0.1) is 0 Å². The molecule has 3 atom stereocenters. The van der Waals surface area contributed by atoms with E-state index in [1.54, 1.807) is 6.20 Å². The van der Waals surface area contributed by atoms with Crippen molar-refractivity contribution in [3.05, 3.63) is 54.4 Å². The summed E-state index contributed by atoms with van der Waals surface area (Å²) < 4.78 is 7.64. The SMILES string of the molecule is C[C@@H]1CC[C@H](CCC(=O)N[C@H](Cn2cccn2)c2ccccc2)O1. The Labute approximate surface area is 143 Å². The van der Waals surface area contributed by atoms with Crippen molar-refractivity contribution >= 4 is 5.91 Å². The maximum absolute atomic E-state index is 12.4. The van der Waals surface area contributed by atoms with E-state index in [4.69, 9.17) is 4.74 Å². The maximum Gasteiger partial charge on any atom is 0.220 e. The Morgan fingerprint density at radius 1 is 1.33 bits per heavy atom. The van der Waals surface area contributed by atoms with E-state index in [2.05, 4.69) is 17.3 Å². The summed E-state index contributed by atoms with van der Waals surface area (Å²) in [6.45, 7) is 2.72. The van der Waals surface area contributed by atoms with Crippen LogP contribution in [0.1, 0.15) is 44.2 Å². The van der Waals surface area contributed by atoms with Gasteiger partial charge < -0.3 is 10.1 Å². The van der Waals surface area contributed by atoms with Gasteiger partial charge in [0.15, 0.2) is 0 Å². The zero-order valence-electron chi connectivity index (χ0n) is 14.1. The molecular formula is C19H25N3O2. The quantitative estimate of drug-likeness (QED) is 0.850. The Balaban J connectivity index is 1.57. The molecule has 0 radical (unpaired) electrons. The molecule has 2 aromatic rings. The zero-order chi connectivity index (χ0) is 16.8. The number of nitrogens with one attached hydrogen (secondary N) is 1. The van der Waals surface area contributed by atoms with E-state index in [1.807, 2.05) is 47.3 Å². The van der Waals surface area contributed by atoms with E-state index in [1.165, 1.54) is 0 Å². The van der Waals surface area contributed by atoms with Crippen molar-refractivity contribution < 1.29 is 9.53 Å². The molecular weight excluding hydrogens is 302 g/mol. The molecule has 0 aliphatic carbocycles. The largest absolute Gasteiger partial charge is 0.375 e.